The molecule has 94 valence electrons. The topological polar surface area (TPSA) is 97.0 Å². The minimum Gasteiger partial charge on any atom is -0.392 e. The van der Waals surface area contributed by atoms with E-state index >= 15 is 0 Å². The Hall–Kier alpha value is -1.86. The molecule has 0 spiro atoms. The molecule has 1 unspecified atom stereocenters. The number of aromatic nitrogens is 4. The van der Waals surface area contributed by atoms with Crippen molar-refractivity contribution < 1.29 is 9.63 Å². The molecule has 0 saturated carbocycles. The second-order valence-electron chi connectivity index (χ2n) is 4.30. The van der Waals surface area contributed by atoms with Crippen LogP contribution in [0.4, 0.5) is 0 Å². The van der Waals surface area contributed by atoms with E-state index in [0.717, 1.165) is 0 Å². The number of β-amino-alcohol motifs (C(OH)–C–C–N with tert-alkyl or cyclic N) is 1. The molecular formula is C11H13N5O2. The zero-order valence-electron chi connectivity index (χ0n) is 9.87. The van der Waals surface area contributed by atoms with Crippen molar-refractivity contribution in [3.63, 3.8) is 0 Å². The third-order valence-electron chi connectivity index (χ3n) is 2.85. The second kappa shape index (κ2) is 4.43. The molecule has 7 heteroatoms. The highest BCUT2D eigenvalue weighted by atomic mass is 16.5. The molecular weight excluding hydrogens is 234 g/mol. The van der Waals surface area contributed by atoms with Gasteiger partial charge in [-0.05, 0) is 19.4 Å². The molecule has 0 radical (unpaired) electrons. The van der Waals surface area contributed by atoms with Crippen LogP contribution in [0.5, 0.6) is 0 Å². The van der Waals surface area contributed by atoms with E-state index in [9.17, 15) is 5.11 Å². The molecule has 1 aliphatic rings. The highest BCUT2D eigenvalue weighted by Gasteiger charge is 2.28. The van der Waals surface area contributed by atoms with Crippen LogP contribution < -0.4 is 5.32 Å². The molecule has 0 bridgehead atoms. The SMILES string of the molecule is Cc1nccc(-c2noc([C@@H]3CC(O)CN3)n2)n1. The first-order chi connectivity index (χ1) is 8.72. The summed E-state index contributed by atoms with van der Waals surface area (Å²) in [5.41, 5.74) is 0.635. The molecule has 2 atom stereocenters. The van der Waals surface area contributed by atoms with Crippen LogP contribution in [0.15, 0.2) is 16.8 Å². The quantitative estimate of drug-likeness (QED) is 0.784. The predicted octanol–water partition coefficient (Wildman–Crippen LogP) is 0.230. The molecule has 3 heterocycles. The van der Waals surface area contributed by atoms with Crippen molar-refractivity contribution in [2.24, 2.45) is 0 Å². The summed E-state index contributed by atoms with van der Waals surface area (Å²) in [6.07, 6.45) is 1.89. The van der Waals surface area contributed by atoms with Crippen LogP contribution >= 0.6 is 0 Å². The number of rotatable bonds is 2. The van der Waals surface area contributed by atoms with Gasteiger partial charge >= 0.3 is 0 Å². The average Bonchev–Trinajstić information content (AvgIpc) is 2.97. The largest absolute Gasteiger partial charge is 0.392 e. The van der Waals surface area contributed by atoms with Crippen molar-refractivity contribution in [1.82, 2.24) is 25.4 Å². The summed E-state index contributed by atoms with van der Waals surface area (Å²) in [5.74, 6) is 1.59. The van der Waals surface area contributed by atoms with Crippen molar-refractivity contribution in [3.8, 4) is 11.5 Å². The summed E-state index contributed by atoms with van der Waals surface area (Å²) in [5, 5.41) is 16.5. The zero-order valence-corrected chi connectivity index (χ0v) is 9.87. The van der Waals surface area contributed by atoms with E-state index < -0.39 is 0 Å². The Morgan fingerprint density at radius 2 is 2.33 bits per heavy atom. The van der Waals surface area contributed by atoms with Gasteiger partial charge in [0.25, 0.3) is 0 Å². The molecule has 2 aromatic heterocycles. The van der Waals surface area contributed by atoms with E-state index in [0.29, 0.717) is 36.2 Å². The Morgan fingerprint density at radius 3 is 3.06 bits per heavy atom. The van der Waals surface area contributed by atoms with E-state index in [1.165, 1.54) is 0 Å². The van der Waals surface area contributed by atoms with Gasteiger partial charge < -0.3 is 14.9 Å². The molecule has 1 aliphatic heterocycles. The maximum absolute atomic E-state index is 9.45. The molecule has 2 aromatic rings. The van der Waals surface area contributed by atoms with E-state index in [2.05, 4.69) is 25.4 Å². The minimum atomic E-state index is -0.355. The Labute approximate surface area is 103 Å². The minimum absolute atomic E-state index is 0.0795. The van der Waals surface area contributed by atoms with E-state index in [4.69, 9.17) is 4.52 Å². The van der Waals surface area contributed by atoms with Crippen LogP contribution in [0.25, 0.3) is 11.5 Å². The van der Waals surface area contributed by atoms with Gasteiger partial charge in [-0.2, -0.15) is 4.98 Å². The lowest BCUT2D eigenvalue weighted by Crippen LogP contribution is -2.15. The summed E-state index contributed by atoms with van der Waals surface area (Å²) in [7, 11) is 0. The molecule has 18 heavy (non-hydrogen) atoms. The van der Waals surface area contributed by atoms with Gasteiger partial charge in [-0.3, -0.25) is 0 Å². The molecule has 0 aliphatic carbocycles. The Bertz CT molecular complexity index is 556. The maximum atomic E-state index is 9.45. The summed E-state index contributed by atoms with van der Waals surface area (Å²) >= 11 is 0. The van der Waals surface area contributed by atoms with Crippen molar-refractivity contribution in [3.05, 3.63) is 24.0 Å². The van der Waals surface area contributed by atoms with Crippen LogP contribution in [0, 0.1) is 6.92 Å². The molecule has 7 nitrogen and oxygen atoms in total. The molecule has 0 amide bonds. The Kier molecular flexibility index (Phi) is 2.77. The lowest BCUT2D eigenvalue weighted by molar-refractivity contribution is 0.191. The average molecular weight is 247 g/mol. The summed E-state index contributed by atoms with van der Waals surface area (Å²) in [6, 6.07) is 1.66. The van der Waals surface area contributed by atoms with Crippen molar-refractivity contribution >= 4 is 0 Å². The summed E-state index contributed by atoms with van der Waals surface area (Å²) in [4.78, 5) is 12.5. The van der Waals surface area contributed by atoms with Gasteiger partial charge in [-0.25, -0.2) is 9.97 Å². The molecule has 1 saturated heterocycles. The first-order valence-electron chi connectivity index (χ1n) is 5.77. The smallest absolute Gasteiger partial charge is 0.244 e. The van der Waals surface area contributed by atoms with Gasteiger partial charge in [0, 0.05) is 12.7 Å². The summed E-state index contributed by atoms with van der Waals surface area (Å²) in [6.45, 7) is 2.36. The van der Waals surface area contributed by atoms with Gasteiger partial charge in [-0.1, -0.05) is 5.16 Å². The number of hydrogen-bond acceptors (Lipinski definition) is 7. The maximum Gasteiger partial charge on any atom is 0.244 e. The van der Waals surface area contributed by atoms with Gasteiger partial charge in [0.1, 0.15) is 11.5 Å². The number of aryl methyl sites for hydroxylation is 1. The zero-order chi connectivity index (χ0) is 12.5. The molecule has 2 N–H and O–H groups in total. The van der Waals surface area contributed by atoms with Crippen molar-refractivity contribution in [2.45, 2.75) is 25.5 Å². The van der Waals surface area contributed by atoms with Crippen molar-refractivity contribution in [2.75, 3.05) is 6.54 Å². The van der Waals surface area contributed by atoms with Gasteiger partial charge in [0.05, 0.1) is 12.1 Å². The fourth-order valence-corrected chi connectivity index (χ4v) is 1.97. The van der Waals surface area contributed by atoms with E-state index in [1.54, 1.807) is 19.2 Å². The van der Waals surface area contributed by atoms with Crippen molar-refractivity contribution in [1.29, 1.82) is 0 Å². The van der Waals surface area contributed by atoms with Gasteiger partial charge in [0.15, 0.2) is 0 Å². The number of hydrogen-bond donors (Lipinski definition) is 2. The molecule has 3 rings (SSSR count). The monoisotopic (exact) mass is 247 g/mol. The lowest BCUT2D eigenvalue weighted by Gasteiger charge is -2.01. The summed E-state index contributed by atoms with van der Waals surface area (Å²) < 4.78 is 5.20. The third-order valence-corrected chi connectivity index (χ3v) is 2.85. The fourth-order valence-electron chi connectivity index (χ4n) is 1.97. The number of aliphatic hydroxyl groups is 1. The third kappa shape index (κ3) is 2.09. The number of aliphatic hydroxyl groups excluding tert-OH is 1. The molecule has 0 aromatic carbocycles. The first kappa shape index (κ1) is 11.2. The van der Waals surface area contributed by atoms with Crippen LogP contribution in [0.3, 0.4) is 0 Å². The predicted molar refractivity (Wildman–Crippen MR) is 61.4 cm³/mol. The van der Waals surface area contributed by atoms with Gasteiger partial charge in [-0.15, -0.1) is 0 Å². The van der Waals surface area contributed by atoms with Crippen LogP contribution in [-0.2, 0) is 0 Å². The van der Waals surface area contributed by atoms with Crippen LogP contribution in [-0.4, -0.2) is 37.9 Å². The highest BCUT2D eigenvalue weighted by molar-refractivity contribution is 5.47. The van der Waals surface area contributed by atoms with Crippen LogP contribution in [0.2, 0.25) is 0 Å². The first-order valence-corrected chi connectivity index (χ1v) is 5.77. The lowest BCUT2D eigenvalue weighted by atomic mass is 10.2. The van der Waals surface area contributed by atoms with E-state index in [-0.39, 0.29) is 12.1 Å². The number of nitrogens with one attached hydrogen (secondary N) is 1. The highest BCUT2D eigenvalue weighted by Crippen LogP contribution is 2.23. The van der Waals surface area contributed by atoms with Gasteiger partial charge in [0.2, 0.25) is 11.7 Å². The standard InChI is InChI=1S/C11H13N5O2/c1-6-12-3-2-8(14-6)10-15-11(18-16-10)9-4-7(17)5-13-9/h2-3,7,9,13,17H,4-5H2,1H3/t7?,9-/m0/s1. The Balaban J connectivity index is 1.85. The fraction of sp³-hybridized carbons (Fsp3) is 0.455. The molecule has 1 fully saturated rings. The number of nitrogens with zero attached hydrogens (tertiary/aromatic N) is 4. The van der Waals surface area contributed by atoms with Crippen LogP contribution in [0.1, 0.15) is 24.2 Å². The normalized spacial score (nSPS) is 23.4. The Morgan fingerprint density at radius 1 is 1.44 bits per heavy atom. The second-order valence-corrected chi connectivity index (χ2v) is 4.30. The van der Waals surface area contributed by atoms with E-state index in [1.807, 2.05) is 0 Å².